The Bertz CT molecular complexity index is 1410. The summed E-state index contributed by atoms with van der Waals surface area (Å²) in [6.45, 7) is 1.72. The second kappa shape index (κ2) is 7.65. The van der Waals surface area contributed by atoms with Crippen LogP contribution in [0.25, 0.3) is 28.1 Å². The van der Waals surface area contributed by atoms with Crippen LogP contribution in [0.3, 0.4) is 0 Å². The summed E-state index contributed by atoms with van der Waals surface area (Å²) in [5, 5.41) is 9.98. The van der Waals surface area contributed by atoms with Crippen molar-refractivity contribution in [3.8, 4) is 5.95 Å². The Morgan fingerprint density at radius 3 is 2.61 bits per heavy atom. The Hall–Kier alpha value is -3.27. The fourth-order valence-electron chi connectivity index (χ4n) is 5.28. The smallest absolute Gasteiger partial charge is 0.330 e. The minimum atomic E-state index is -0.359. The highest BCUT2D eigenvalue weighted by Gasteiger charge is 2.29. The van der Waals surface area contributed by atoms with Crippen LogP contribution in [0.4, 0.5) is 10.2 Å². The molecule has 172 valence electrons. The van der Waals surface area contributed by atoms with Gasteiger partial charge in [-0.1, -0.05) is 0 Å². The van der Waals surface area contributed by atoms with E-state index in [2.05, 4.69) is 9.88 Å². The van der Waals surface area contributed by atoms with E-state index in [1.165, 1.54) is 12.1 Å². The van der Waals surface area contributed by atoms with Gasteiger partial charge in [-0.2, -0.15) is 9.97 Å². The van der Waals surface area contributed by atoms with Crippen molar-refractivity contribution in [1.82, 2.24) is 28.7 Å². The topological polar surface area (TPSA) is 94.0 Å². The summed E-state index contributed by atoms with van der Waals surface area (Å²) in [4.78, 5) is 29.7. The van der Waals surface area contributed by atoms with Crippen molar-refractivity contribution in [2.45, 2.75) is 50.7 Å². The van der Waals surface area contributed by atoms with Crippen LogP contribution >= 0.6 is 0 Å². The minimum Gasteiger partial charge on any atom is -0.393 e. The van der Waals surface area contributed by atoms with E-state index < -0.39 is 0 Å². The molecule has 9 nitrogen and oxygen atoms in total. The van der Waals surface area contributed by atoms with E-state index in [-0.39, 0.29) is 23.7 Å². The molecule has 1 N–H and O–H groups in total. The number of hydrogen-bond donors (Lipinski definition) is 1. The molecule has 6 rings (SSSR count). The summed E-state index contributed by atoms with van der Waals surface area (Å²) < 4.78 is 19.1. The first-order valence-corrected chi connectivity index (χ1v) is 11.6. The molecule has 1 aliphatic heterocycles. The van der Waals surface area contributed by atoms with Crippen LogP contribution in [0.1, 0.15) is 44.6 Å². The largest absolute Gasteiger partial charge is 0.393 e. The number of aromatic nitrogens is 6. The number of imidazole rings is 2. The lowest BCUT2D eigenvalue weighted by Gasteiger charge is -2.26. The van der Waals surface area contributed by atoms with Gasteiger partial charge in [0.15, 0.2) is 11.5 Å². The molecule has 0 amide bonds. The van der Waals surface area contributed by atoms with E-state index in [1.54, 1.807) is 33.1 Å². The molecular weight excluding hydrogens is 425 g/mol. The molecule has 4 heterocycles. The summed E-state index contributed by atoms with van der Waals surface area (Å²) in [6, 6.07) is 4.40. The predicted molar refractivity (Wildman–Crippen MR) is 122 cm³/mol. The normalized spacial score (nSPS) is 21.5. The first kappa shape index (κ1) is 20.3. The maximum Gasteiger partial charge on any atom is 0.330 e. The Morgan fingerprint density at radius 2 is 1.85 bits per heavy atom. The van der Waals surface area contributed by atoms with E-state index in [9.17, 15) is 14.3 Å². The molecule has 0 atom stereocenters. The van der Waals surface area contributed by atoms with Gasteiger partial charge in [-0.25, -0.2) is 14.2 Å². The summed E-state index contributed by atoms with van der Waals surface area (Å²) in [5.74, 6) is 0.732. The predicted octanol–water partition coefficient (Wildman–Crippen LogP) is 2.68. The van der Waals surface area contributed by atoms with Crippen molar-refractivity contribution in [3.05, 3.63) is 40.8 Å². The standard InChI is InChI=1S/C23H26FN7O2/c1-28-19-20(29-10-2-3-11-29)26-22(30-13-25-17-9-4-14(24)12-18(17)30)27-21(19)31(23(28)33)15-5-7-16(32)8-6-15/h4,9,12-13,15-16,32H,2-3,5-8,10-11H2,1H3/t15-,16-. The maximum absolute atomic E-state index is 14.0. The minimum absolute atomic E-state index is 0.0317. The molecule has 10 heteroatoms. The summed E-state index contributed by atoms with van der Waals surface area (Å²) >= 11 is 0. The van der Waals surface area contributed by atoms with E-state index in [0.717, 1.165) is 44.6 Å². The molecule has 3 aromatic heterocycles. The van der Waals surface area contributed by atoms with Crippen molar-refractivity contribution in [1.29, 1.82) is 0 Å². The average molecular weight is 452 g/mol. The van der Waals surface area contributed by atoms with Gasteiger partial charge in [-0.15, -0.1) is 0 Å². The molecule has 1 saturated carbocycles. The molecule has 0 bridgehead atoms. The number of rotatable bonds is 3. The van der Waals surface area contributed by atoms with Crippen LogP contribution in [-0.2, 0) is 7.05 Å². The lowest BCUT2D eigenvalue weighted by molar-refractivity contribution is 0.110. The van der Waals surface area contributed by atoms with Gasteiger partial charge in [0.2, 0.25) is 5.95 Å². The molecule has 0 unspecified atom stereocenters. The Kier molecular flexibility index (Phi) is 4.72. The lowest BCUT2D eigenvalue weighted by atomic mass is 9.93. The summed E-state index contributed by atoms with van der Waals surface area (Å²) in [7, 11) is 1.77. The van der Waals surface area contributed by atoms with Gasteiger partial charge in [0.05, 0.1) is 17.1 Å². The van der Waals surface area contributed by atoms with Crippen molar-refractivity contribution in [2.24, 2.45) is 7.05 Å². The molecule has 2 aliphatic rings. The Labute approximate surface area is 189 Å². The summed E-state index contributed by atoms with van der Waals surface area (Å²) in [5.41, 5.74) is 2.39. The number of anilines is 1. The molecule has 1 saturated heterocycles. The molecule has 2 fully saturated rings. The molecule has 0 spiro atoms. The third-order valence-electron chi connectivity index (χ3n) is 7.05. The number of aliphatic hydroxyl groups is 1. The van der Waals surface area contributed by atoms with Crippen molar-refractivity contribution < 1.29 is 9.50 Å². The number of fused-ring (bicyclic) bond motifs is 2. The monoisotopic (exact) mass is 451 g/mol. The van der Waals surface area contributed by atoms with Gasteiger partial charge in [0, 0.05) is 32.2 Å². The Balaban J connectivity index is 1.61. The molecular formula is C23H26FN7O2. The molecule has 1 aromatic carbocycles. The van der Waals surface area contributed by atoms with Crippen molar-refractivity contribution in [3.63, 3.8) is 0 Å². The van der Waals surface area contributed by atoms with E-state index in [4.69, 9.17) is 9.97 Å². The zero-order chi connectivity index (χ0) is 22.7. The van der Waals surface area contributed by atoms with Gasteiger partial charge in [-0.05, 0) is 50.7 Å². The van der Waals surface area contributed by atoms with E-state index >= 15 is 0 Å². The average Bonchev–Trinajstić information content (AvgIpc) is 3.54. The number of hydrogen-bond acceptors (Lipinski definition) is 6. The first-order chi connectivity index (χ1) is 16.0. The number of halogens is 1. The third-order valence-corrected chi connectivity index (χ3v) is 7.05. The highest BCUT2D eigenvalue weighted by molar-refractivity contribution is 5.86. The number of nitrogens with zero attached hydrogens (tertiary/aromatic N) is 7. The molecule has 33 heavy (non-hydrogen) atoms. The van der Waals surface area contributed by atoms with E-state index in [0.29, 0.717) is 41.0 Å². The van der Waals surface area contributed by atoms with Crippen molar-refractivity contribution >= 4 is 28.0 Å². The van der Waals surface area contributed by atoms with Crippen LogP contribution in [0.15, 0.2) is 29.3 Å². The second-order valence-electron chi connectivity index (χ2n) is 9.14. The van der Waals surface area contributed by atoms with Crippen LogP contribution in [-0.4, -0.2) is 53.0 Å². The van der Waals surface area contributed by atoms with E-state index in [1.807, 2.05) is 0 Å². The second-order valence-corrected chi connectivity index (χ2v) is 9.14. The zero-order valence-corrected chi connectivity index (χ0v) is 18.5. The lowest BCUT2D eigenvalue weighted by Crippen LogP contribution is -2.30. The highest BCUT2D eigenvalue weighted by atomic mass is 19.1. The van der Waals surface area contributed by atoms with Gasteiger partial charge in [0.1, 0.15) is 17.7 Å². The van der Waals surface area contributed by atoms with Gasteiger partial charge < -0.3 is 10.0 Å². The number of benzene rings is 1. The molecule has 4 aromatic rings. The Morgan fingerprint density at radius 1 is 1.09 bits per heavy atom. The van der Waals surface area contributed by atoms with Crippen LogP contribution in [0, 0.1) is 5.82 Å². The van der Waals surface area contributed by atoms with Gasteiger partial charge in [0.25, 0.3) is 0 Å². The van der Waals surface area contributed by atoms with Crippen LogP contribution in [0.2, 0.25) is 0 Å². The van der Waals surface area contributed by atoms with Gasteiger partial charge in [-0.3, -0.25) is 13.7 Å². The number of aliphatic hydroxyl groups excluding tert-OH is 1. The molecule has 1 aliphatic carbocycles. The summed E-state index contributed by atoms with van der Waals surface area (Å²) in [6.07, 6.45) is 6.18. The van der Waals surface area contributed by atoms with Crippen molar-refractivity contribution in [2.75, 3.05) is 18.0 Å². The fourth-order valence-corrected chi connectivity index (χ4v) is 5.28. The quantitative estimate of drug-likeness (QED) is 0.515. The highest BCUT2D eigenvalue weighted by Crippen LogP contribution is 2.33. The zero-order valence-electron chi connectivity index (χ0n) is 18.5. The van der Waals surface area contributed by atoms with Crippen LogP contribution < -0.4 is 10.6 Å². The first-order valence-electron chi connectivity index (χ1n) is 11.6. The molecule has 0 radical (unpaired) electrons. The fraction of sp³-hybridized carbons (Fsp3) is 0.478. The SMILES string of the molecule is Cn1c(=O)n([C@H]2CC[C@H](O)CC2)c2nc(-n3cnc4ccc(F)cc43)nc(N3CCCC3)c21. The number of aryl methyl sites for hydroxylation is 1. The van der Waals surface area contributed by atoms with Gasteiger partial charge >= 0.3 is 5.69 Å². The third kappa shape index (κ3) is 3.23. The van der Waals surface area contributed by atoms with Crippen LogP contribution in [0.5, 0.6) is 0 Å². The maximum atomic E-state index is 14.0.